The first-order chi connectivity index (χ1) is 9.05. The average molecular weight is 268 g/mol. The van der Waals surface area contributed by atoms with Gasteiger partial charge in [-0.3, -0.25) is 0 Å². The van der Waals surface area contributed by atoms with Crippen LogP contribution in [0.2, 0.25) is 0 Å². The highest BCUT2D eigenvalue weighted by atomic mass is 16.3. The van der Waals surface area contributed by atoms with E-state index in [0.29, 0.717) is 12.5 Å². The van der Waals surface area contributed by atoms with Gasteiger partial charge in [-0.15, -0.1) is 0 Å². The smallest absolute Gasteiger partial charge is 0.0797 e. The lowest BCUT2D eigenvalue weighted by molar-refractivity contribution is 0.00411. The Morgan fingerprint density at radius 2 is 2.00 bits per heavy atom. The van der Waals surface area contributed by atoms with Gasteiger partial charge in [0.15, 0.2) is 0 Å². The van der Waals surface area contributed by atoms with Crippen LogP contribution in [0.5, 0.6) is 0 Å². The molecule has 2 aliphatic rings. The third-order valence-electron chi connectivity index (χ3n) is 5.10. The summed E-state index contributed by atoms with van der Waals surface area (Å²) in [6.07, 6.45) is 8.40. The highest BCUT2D eigenvalue weighted by molar-refractivity contribution is 4.94. The van der Waals surface area contributed by atoms with Crippen LogP contribution in [0.1, 0.15) is 58.8 Å². The summed E-state index contributed by atoms with van der Waals surface area (Å²) in [7, 11) is 0. The molecule has 2 aliphatic carbocycles. The Balaban J connectivity index is 1.78. The van der Waals surface area contributed by atoms with E-state index in [0.717, 1.165) is 44.2 Å². The summed E-state index contributed by atoms with van der Waals surface area (Å²) < 4.78 is 0. The second-order valence-electron chi connectivity index (χ2n) is 7.14. The van der Waals surface area contributed by atoms with E-state index in [2.05, 4.69) is 18.7 Å². The molecular formula is C16H32N2O. The van der Waals surface area contributed by atoms with Crippen molar-refractivity contribution in [3.63, 3.8) is 0 Å². The fraction of sp³-hybridized carbons (Fsp3) is 1.00. The van der Waals surface area contributed by atoms with Gasteiger partial charge >= 0.3 is 0 Å². The zero-order chi connectivity index (χ0) is 13.9. The van der Waals surface area contributed by atoms with Crippen LogP contribution < -0.4 is 5.73 Å². The maximum atomic E-state index is 10.5. The molecule has 0 aromatic heterocycles. The monoisotopic (exact) mass is 268 g/mol. The van der Waals surface area contributed by atoms with Gasteiger partial charge in [-0.1, -0.05) is 20.3 Å². The minimum atomic E-state index is -0.562. The summed E-state index contributed by atoms with van der Waals surface area (Å²) in [5.74, 6) is 1.21. The van der Waals surface area contributed by atoms with E-state index < -0.39 is 5.60 Å². The first kappa shape index (κ1) is 15.3. The summed E-state index contributed by atoms with van der Waals surface area (Å²) in [5.41, 5.74) is 5.21. The van der Waals surface area contributed by atoms with Crippen molar-refractivity contribution in [3.8, 4) is 0 Å². The van der Waals surface area contributed by atoms with E-state index >= 15 is 0 Å². The maximum absolute atomic E-state index is 10.5. The topological polar surface area (TPSA) is 49.5 Å². The molecule has 0 bridgehead atoms. The van der Waals surface area contributed by atoms with Crippen LogP contribution in [0.25, 0.3) is 0 Å². The summed E-state index contributed by atoms with van der Waals surface area (Å²) in [4.78, 5) is 2.66. The molecule has 19 heavy (non-hydrogen) atoms. The number of aliphatic hydroxyl groups is 1. The zero-order valence-electron chi connectivity index (χ0n) is 12.8. The highest BCUT2D eigenvalue weighted by Crippen LogP contribution is 2.38. The van der Waals surface area contributed by atoms with Crippen molar-refractivity contribution in [3.05, 3.63) is 0 Å². The molecule has 0 spiro atoms. The lowest BCUT2D eigenvalue weighted by Gasteiger charge is -2.31. The molecule has 2 saturated carbocycles. The fourth-order valence-corrected chi connectivity index (χ4v) is 3.47. The molecule has 2 fully saturated rings. The summed E-state index contributed by atoms with van der Waals surface area (Å²) in [6, 6.07) is 0.839. The Kier molecular flexibility index (Phi) is 5.27. The van der Waals surface area contributed by atoms with Crippen molar-refractivity contribution in [2.45, 2.75) is 70.4 Å². The van der Waals surface area contributed by atoms with Crippen LogP contribution in [0.15, 0.2) is 0 Å². The minimum Gasteiger partial charge on any atom is -0.388 e. The van der Waals surface area contributed by atoms with Crippen molar-refractivity contribution in [2.75, 3.05) is 19.6 Å². The van der Waals surface area contributed by atoms with E-state index in [9.17, 15) is 5.11 Å². The van der Waals surface area contributed by atoms with Gasteiger partial charge in [0.1, 0.15) is 0 Å². The third-order valence-corrected chi connectivity index (χ3v) is 5.10. The van der Waals surface area contributed by atoms with Crippen LogP contribution in [-0.4, -0.2) is 41.3 Å². The molecule has 2 rings (SSSR count). The Hall–Kier alpha value is -0.120. The Morgan fingerprint density at radius 1 is 1.26 bits per heavy atom. The Bertz CT molecular complexity index is 278. The minimum absolute atomic E-state index is 0.429. The molecule has 0 saturated heterocycles. The Morgan fingerprint density at radius 3 is 2.58 bits per heavy atom. The molecule has 0 heterocycles. The van der Waals surface area contributed by atoms with Gasteiger partial charge in [-0.25, -0.2) is 0 Å². The summed E-state index contributed by atoms with van der Waals surface area (Å²) >= 11 is 0. The largest absolute Gasteiger partial charge is 0.388 e. The number of rotatable bonds is 8. The number of hydrogen-bond acceptors (Lipinski definition) is 3. The molecule has 0 radical (unpaired) electrons. The van der Waals surface area contributed by atoms with Crippen LogP contribution in [0.4, 0.5) is 0 Å². The molecule has 3 N–H and O–H groups in total. The molecule has 3 nitrogen and oxygen atoms in total. The van der Waals surface area contributed by atoms with E-state index in [-0.39, 0.29) is 0 Å². The second-order valence-corrected chi connectivity index (χ2v) is 7.14. The van der Waals surface area contributed by atoms with Crippen molar-refractivity contribution in [2.24, 2.45) is 17.6 Å². The van der Waals surface area contributed by atoms with Gasteiger partial charge in [0.05, 0.1) is 5.60 Å². The van der Waals surface area contributed by atoms with Crippen molar-refractivity contribution < 1.29 is 5.11 Å². The van der Waals surface area contributed by atoms with E-state index in [1.54, 1.807) is 0 Å². The average Bonchev–Trinajstić information content (AvgIpc) is 3.14. The first-order valence-corrected chi connectivity index (χ1v) is 8.21. The number of nitrogens with zero attached hydrogens (tertiary/aromatic N) is 1. The summed E-state index contributed by atoms with van der Waals surface area (Å²) in [6.45, 7) is 7.43. The van der Waals surface area contributed by atoms with Crippen molar-refractivity contribution in [1.82, 2.24) is 4.90 Å². The fourth-order valence-electron chi connectivity index (χ4n) is 3.47. The van der Waals surface area contributed by atoms with Crippen LogP contribution in [0.3, 0.4) is 0 Å². The normalized spacial score (nSPS) is 31.6. The van der Waals surface area contributed by atoms with Gasteiger partial charge in [0.25, 0.3) is 0 Å². The van der Waals surface area contributed by atoms with Crippen molar-refractivity contribution in [1.29, 1.82) is 0 Å². The van der Waals surface area contributed by atoms with Gasteiger partial charge in [0.2, 0.25) is 0 Å². The van der Waals surface area contributed by atoms with Gasteiger partial charge in [0, 0.05) is 12.6 Å². The molecule has 3 heteroatoms. The highest BCUT2D eigenvalue weighted by Gasteiger charge is 2.40. The molecule has 112 valence electrons. The summed E-state index contributed by atoms with van der Waals surface area (Å²) in [5, 5.41) is 10.5. The molecule has 2 atom stereocenters. The number of hydrogen-bond donors (Lipinski definition) is 2. The van der Waals surface area contributed by atoms with Gasteiger partial charge < -0.3 is 15.7 Å². The van der Waals surface area contributed by atoms with Crippen LogP contribution in [0, 0.1) is 11.8 Å². The van der Waals surface area contributed by atoms with Gasteiger partial charge in [-0.05, 0) is 63.5 Å². The van der Waals surface area contributed by atoms with E-state index in [1.807, 2.05) is 0 Å². The van der Waals surface area contributed by atoms with Crippen LogP contribution >= 0.6 is 0 Å². The molecule has 2 unspecified atom stereocenters. The molecule has 0 aromatic rings. The van der Waals surface area contributed by atoms with Crippen molar-refractivity contribution >= 4 is 0 Å². The maximum Gasteiger partial charge on any atom is 0.0797 e. The molecule has 0 aromatic carbocycles. The molecule has 0 amide bonds. The van der Waals surface area contributed by atoms with E-state index in [4.69, 9.17) is 5.73 Å². The van der Waals surface area contributed by atoms with Gasteiger partial charge in [-0.2, -0.15) is 0 Å². The number of nitrogens with two attached hydrogens (primary N) is 1. The Labute approximate surface area is 118 Å². The first-order valence-electron chi connectivity index (χ1n) is 8.21. The predicted molar refractivity (Wildman–Crippen MR) is 80.0 cm³/mol. The molecule has 0 aliphatic heterocycles. The standard InChI is InChI=1S/C16H32N2O/c1-13(2)7-10-18(15-5-6-15)11-8-14-4-3-9-16(14,19)12-17/h13-15,19H,3-12,17H2,1-2H3. The lowest BCUT2D eigenvalue weighted by Crippen LogP contribution is -2.42. The SMILES string of the molecule is CC(C)CCN(CCC1CCCC1(O)CN)C1CC1. The molecular weight excluding hydrogens is 236 g/mol. The third kappa shape index (κ3) is 4.17. The quantitative estimate of drug-likeness (QED) is 0.710. The lowest BCUT2D eigenvalue weighted by atomic mass is 9.88. The second kappa shape index (κ2) is 6.55. The zero-order valence-corrected chi connectivity index (χ0v) is 12.8. The van der Waals surface area contributed by atoms with E-state index in [1.165, 1.54) is 25.8 Å². The van der Waals surface area contributed by atoms with Crippen LogP contribution in [-0.2, 0) is 0 Å². The predicted octanol–water partition coefficient (Wildman–Crippen LogP) is 2.38.